The molecule has 3 rings (SSSR count). The van der Waals surface area contributed by atoms with Gasteiger partial charge in [0.05, 0.1) is 13.2 Å². The van der Waals surface area contributed by atoms with E-state index in [2.05, 4.69) is 31.3 Å². The van der Waals surface area contributed by atoms with Crippen molar-refractivity contribution in [1.82, 2.24) is 0 Å². The van der Waals surface area contributed by atoms with Gasteiger partial charge in [-0.05, 0) is 36.8 Å². The van der Waals surface area contributed by atoms with Crippen LogP contribution in [0.15, 0.2) is 18.2 Å². The van der Waals surface area contributed by atoms with Gasteiger partial charge in [0.1, 0.15) is 0 Å². The Morgan fingerprint density at radius 3 is 2.40 bits per heavy atom. The van der Waals surface area contributed by atoms with Gasteiger partial charge in [0.25, 0.3) is 0 Å². The first kappa shape index (κ1) is 13.6. The summed E-state index contributed by atoms with van der Waals surface area (Å²) < 4.78 is 11.4. The van der Waals surface area contributed by atoms with Gasteiger partial charge in [-0.1, -0.05) is 20.3 Å². The second-order valence-electron chi connectivity index (χ2n) is 6.27. The molecule has 1 saturated carbocycles. The molecule has 0 aromatic heterocycles. The molecule has 1 aromatic carbocycles. The van der Waals surface area contributed by atoms with E-state index in [4.69, 9.17) is 9.47 Å². The van der Waals surface area contributed by atoms with Gasteiger partial charge < -0.3 is 14.8 Å². The Hall–Kier alpha value is -1.38. The van der Waals surface area contributed by atoms with Crippen LogP contribution in [0.5, 0.6) is 11.5 Å². The van der Waals surface area contributed by atoms with Gasteiger partial charge in [-0.15, -0.1) is 0 Å². The fraction of sp³-hybridized carbons (Fsp3) is 0.647. The predicted octanol–water partition coefficient (Wildman–Crippen LogP) is 4.08. The van der Waals surface area contributed by atoms with Crippen LogP contribution in [-0.2, 0) is 0 Å². The van der Waals surface area contributed by atoms with Crippen molar-refractivity contribution in [2.45, 2.75) is 45.6 Å². The number of hydrogen-bond acceptors (Lipinski definition) is 3. The molecule has 0 spiro atoms. The maximum atomic E-state index is 5.77. The first-order valence-electron chi connectivity index (χ1n) is 7.90. The summed E-state index contributed by atoms with van der Waals surface area (Å²) in [5.74, 6) is 3.21. The molecule has 3 nitrogen and oxygen atoms in total. The molecule has 1 heterocycles. The topological polar surface area (TPSA) is 30.5 Å². The number of anilines is 1. The molecule has 2 unspecified atom stereocenters. The van der Waals surface area contributed by atoms with Gasteiger partial charge in [-0.3, -0.25) is 0 Å². The fourth-order valence-corrected chi connectivity index (χ4v) is 3.41. The number of nitrogens with one attached hydrogen (secondary N) is 1. The van der Waals surface area contributed by atoms with E-state index in [9.17, 15) is 0 Å². The lowest BCUT2D eigenvalue weighted by molar-refractivity contribution is 0.268. The minimum Gasteiger partial charge on any atom is -0.490 e. The quantitative estimate of drug-likeness (QED) is 0.882. The van der Waals surface area contributed by atoms with Crippen molar-refractivity contribution in [3.63, 3.8) is 0 Å². The Morgan fingerprint density at radius 2 is 1.65 bits per heavy atom. The third-order valence-electron chi connectivity index (χ3n) is 4.63. The Bertz CT molecular complexity index is 450. The summed E-state index contributed by atoms with van der Waals surface area (Å²) >= 11 is 0. The molecule has 0 amide bonds. The molecule has 2 atom stereocenters. The first-order chi connectivity index (χ1) is 9.74. The molecule has 110 valence electrons. The van der Waals surface area contributed by atoms with Gasteiger partial charge in [0.2, 0.25) is 0 Å². The maximum Gasteiger partial charge on any atom is 0.163 e. The lowest BCUT2D eigenvalue weighted by Gasteiger charge is -2.36. The van der Waals surface area contributed by atoms with Crippen molar-refractivity contribution in [2.24, 2.45) is 11.8 Å². The normalized spacial score (nSPS) is 29.6. The van der Waals surface area contributed by atoms with Crippen LogP contribution in [-0.4, -0.2) is 19.3 Å². The number of ether oxygens (including phenoxy) is 2. The minimum atomic E-state index is 0.563. The van der Waals surface area contributed by atoms with Crippen LogP contribution in [0.25, 0.3) is 0 Å². The summed E-state index contributed by atoms with van der Waals surface area (Å²) in [6.07, 6.45) is 4.97. The van der Waals surface area contributed by atoms with Crippen LogP contribution >= 0.6 is 0 Å². The number of hydrogen-bond donors (Lipinski definition) is 1. The van der Waals surface area contributed by atoms with Gasteiger partial charge in [-0.2, -0.15) is 0 Å². The first-order valence-corrected chi connectivity index (χ1v) is 7.90. The molecule has 2 aliphatic rings. The smallest absolute Gasteiger partial charge is 0.163 e. The third kappa shape index (κ3) is 2.87. The fourth-order valence-electron chi connectivity index (χ4n) is 3.41. The Labute approximate surface area is 121 Å². The van der Waals surface area contributed by atoms with E-state index in [1.54, 1.807) is 0 Å². The zero-order valence-electron chi connectivity index (χ0n) is 12.5. The van der Waals surface area contributed by atoms with Crippen molar-refractivity contribution in [3.8, 4) is 11.5 Å². The van der Waals surface area contributed by atoms with E-state index < -0.39 is 0 Å². The maximum absolute atomic E-state index is 5.77. The molecular weight excluding hydrogens is 250 g/mol. The average molecular weight is 275 g/mol. The molecule has 1 aliphatic heterocycles. The molecule has 0 radical (unpaired) electrons. The van der Waals surface area contributed by atoms with Crippen molar-refractivity contribution < 1.29 is 9.47 Å². The van der Waals surface area contributed by atoms with Crippen LogP contribution in [0.2, 0.25) is 0 Å². The molecule has 0 bridgehead atoms. The summed E-state index contributed by atoms with van der Waals surface area (Å²) in [4.78, 5) is 0. The van der Waals surface area contributed by atoms with Crippen LogP contribution in [0.1, 0.15) is 39.5 Å². The molecule has 0 saturated heterocycles. The average Bonchev–Trinajstić information content (AvgIpc) is 2.68. The standard InChI is InChI=1S/C17H25NO2/c1-12-5-3-6-13(2)17(12)18-14-7-8-15-16(11-14)20-10-4-9-19-15/h7-8,11-13,17-18H,3-6,9-10H2,1-2H3. The van der Waals surface area contributed by atoms with Gasteiger partial charge in [-0.25, -0.2) is 0 Å². The summed E-state index contributed by atoms with van der Waals surface area (Å²) in [7, 11) is 0. The highest BCUT2D eigenvalue weighted by Crippen LogP contribution is 2.35. The monoisotopic (exact) mass is 275 g/mol. The highest BCUT2D eigenvalue weighted by molar-refractivity contribution is 5.55. The molecule has 20 heavy (non-hydrogen) atoms. The van der Waals surface area contributed by atoms with E-state index in [0.717, 1.165) is 48.7 Å². The van der Waals surface area contributed by atoms with Crippen molar-refractivity contribution in [3.05, 3.63) is 18.2 Å². The van der Waals surface area contributed by atoms with E-state index in [1.165, 1.54) is 19.3 Å². The molecular formula is C17H25NO2. The Balaban J connectivity index is 1.75. The van der Waals surface area contributed by atoms with E-state index in [0.29, 0.717) is 6.04 Å². The van der Waals surface area contributed by atoms with Crippen LogP contribution in [0, 0.1) is 11.8 Å². The zero-order chi connectivity index (χ0) is 13.9. The molecule has 1 N–H and O–H groups in total. The summed E-state index contributed by atoms with van der Waals surface area (Å²) in [5.41, 5.74) is 1.15. The minimum absolute atomic E-state index is 0.563. The van der Waals surface area contributed by atoms with Crippen LogP contribution < -0.4 is 14.8 Å². The van der Waals surface area contributed by atoms with E-state index in [1.807, 2.05) is 6.07 Å². The highest BCUT2D eigenvalue weighted by Gasteiger charge is 2.27. The van der Waals surface area contributed by atoms with Crippen molar-refractivity contribution in [2.75, 3.05) is 18.5 Å². The van der Waals surface area contributed by atoms with Crippen molar-refractivity contribution in [1.29, 1.82) is 0 Å². The zero-order valence-corrected chi connectivity index (χ0v) is 12.5. The largest absolute Gasteiger partial charge is 0.490 e. The molecule has 1 aromatic rings. The lowest BCUT2D eigenvalue weighted by Crippen LogP contribution is -2.37. The second-order valence-corrected chi connectivity index (χ2v) is 6.27. The number of benzene rings is 1. The summed E-state index contributed by atoms with van der Waals surface area (Å²) in [6, 6.07) is 6.80. The molecule has 1 fully saturated rings. The second kappa shape index (κ2) is 5.94. The number of fused-ring (bicyclic) bond motifs is 1. The van der Waals surface area contributed by atoms with E-state index >= 15 is 0 Å². The predicted molar refractivity (Wildman–Crippen MR) is 81.6 cm³/mol. The number of rotatable bonds is 2. The van der Waals surface area contributed by atoms with Gasteiger partial charge in [0, 0.05) is 24.2 Å². The van der Waals surface area contributed by atoms with Gasteiger partial charge >= 0.3 is 0 Å². The Morgan fingerprint density at radius 1 is 0.950 bits per heavy atom. The summed E-state index contributed by atoms with van der Waals surface area (Å²) in [5, 5.41) is 3.72. The molecule has 3 heteroatoms. The highest BCUT2D eigenvalue weighted by atomic mass is 16.5. The van der Waals surface area contributed by atoms with Crippen molar-refractivity contribution >= 4 is 5.69 Å². The van der Waals surface area contributed by atoms with E-state index in [-0.39, 0.29) is 0 Å². The third-order valence-corrected chi connectivity index (χ3v) is 4.63. The van der Waals surface area contributed by atoms with Crippen LogP contribution in [0.4, 0.5) is 5.69 Å². The van der Waals surface area contributed by atoms with Crippen LogP contribution in [0.3, 0.4) is 0 Å². The van der Waals surface area contributed by atoms with Gasteiger partial charge in [0.15, 0.2) is 11.5 Å². The Kier molecular flexibility index (Phi) is 4.04. The summed E-state index contributed by atoms with van der Waals surface area (Å²) in [6.45, 7) is 6.20. The molecule has 1 aliphatic carbocycles. The lowest BCUT2D eigenvalue weighted by atomic mass is 9.78. The SMILES string of the molecule is CC1CCCC(C)C1Nc1ccc2c(c1)OCCCO2.